The third-order valence-electron chi connectivity index (χ3n) is 2.30. The first kappa shape index (κ1) is 11.2. The van der Waals surface area contributed by atoms with Gasteiger partial charge in [-0.3, -0.25) is 0 Å². The van der Waals surface area contributed by atoms with Crippen molar-refractivity contribution in [2.24, 2.45) is 0 Å². The molecule has 0 spiro atoms. The number of aromatic nitrogens is 2. The molecule has 1 aromatic heterocycles. The third-order valence-corrected chi connectivity index (χ3v) is 2.30. The summed E-state index contributed by atoms with van der Waals surface area (Å²) >= 11 is 0. The van der Waals surface area contributed by atoms with E-state index in [1.165, 1.54) is 0 Å². The van der Waals surface area contributed by atoms with Crippen molar-refractivity contribution in [2.75, 3.05) is 0 Å². The van der Waals surface area contributed by atoms with Gasteiger partial charge in [-0.05, 0) is 12.8 Å². The lowest BCUT2D eigenvalue weighted by Crippen LogP contribution is -2.16. The Bertz CT molecular complexity index is 258. The summed E-state index contributed by atoms with van der Waals surface area (Å²) < 4.78 is 2.06. The van der Waals surface area contributed by atoms with Gasteiger partial charge in [0, 0.05) is 25.4 Å². The van der Waals surface area contributed by atoms with Gasteiger partial charge >= 0.3 is 0 Å². The summed E-state index contributed by atoms with van der Waals surface area (Å²) in [5.41, 5.74) is 0. The standard InChI is InChI=1S/C11H20N2O/c1-3-5-10(14)9-13-8-7-12-11(13)6-4-2/h7-8,10,14H,3-6,9H2,1-2H3. The molecule has 1 unspecified atom stereocenters. The fourth-order valence-corrected chi connectivity index (χ4v) is 1.61. The Morgan fingerprint density at radius 3 is 2.86 bits per heavy atom. The van der Waals surface area contributed by atoms with E-state index < -0.39 is 0 Å². The Balaban J connectivity index is 2.52. The summed E-state index contributed by atoms with van der Waals surface area (Å²) in [6.45, 7) is 4.91. The number of aliphatic hydroxyl groups is 1. The zero-order valence-corrected chi connectivity index (χ0v) is 9.11. The molecular weight excluding hydrogens is 176 g/mol. The lowest BCUT2D eigenvalue weighted by atomic mass is 10.2. The second-order valence-electron chi connectivity index (χ2n) is 3.69. The van der Waals surface area contributed by atoms with Crippen LogP contribution in [-0.4, -0.2) is 20.8 Å². The first-order valence-electron chi connectivity index (χ1n) is 5.46. The lowest BCUT2D eigenvalue weighted by molar-refractivity contribution is 0.142. The van der Waals surface area contributed by atoms with E-state index in [2.05, 4.69) is 23.4 Å². The topological polar surface area (TPSA) is 38.0 Å². The Morgan fingerprint density at radius 2 is 2.21 bits per heavy atom. The molecule has 0 aliphatic heterocycles. The smallest absolute Gasteiger partial charge is 0.108 e. The molecule has 1 N–H and O–H groups in total. The van der Waals surface area contributed by atoms with Gasteiger partial charge in [0.2, 0.25) is 0 Å². The van der Waals surface area contributed by atoms with Crippen molar-refractivity contribution in [1.82, 2.24) is 9.55 Å². The van der Waals surface area contributed by atoms with Gasteiger partial charge in [0.15, 0.2) is 0 Å². The second-order valence-corrected chi connectivity index (χ2v) is 3.69. The number of hydrogen-bond donors (Lipinski definition) is 1. The molecule has 3 nitrogen and oxygen atoms in total. The fraction of sp³-hybridized carbons (Fsp3) is 0.727. The van der Waals surface area contributed by atoms with Gasteiger partial charge < -0.3 is 9.67 Å². The van der Waals surface area contributed by atoms with Gasteiger partial charge in [0.1, 0.15) is 5.82 Å². The molecule has 0 radical (unpaired) electrons. The van der Waals surface area contributed by atoms with Gasteiger partial charge in [0.05, 0.1) is 6.10 Å². The number of rotatable bonds is 6. The van der Waals surface area contributed by atoms with E-state index in [1.807, 2.05) is 12.4 Å². The van der Waals surface area contributed by atoms with Crippen LogP contribution in [-0.2, 0) is 13.0 Å². The average molecular weight is 196 g/mol. The van der Waals surface area contributed by atoms with Gasteiger partial charge in [0.25, 0.3) is 0 Å². The largest absolute Gasteiger partial charge is 0.391 e. The Morgan fingerprint density at radius 1 is 1.43 bits per heavy atom. The summed E-state index contributed by atoms with van der Waals surface area (Å²) in [6, 6.07) is 0. The maximum atomic E-state index is 9.67. The molecule has 80 valence electrons. The molecule has 1 atom stereocenters. The van der Waals surface area contributed by atoms with E-state index in [4.69, 9.17) is 0 Å². The Labute approximate surface area is 85.8 Å². The van der Waals surface area contributed by atoms with Crippen molar-refractivity contribution >= 4 is 0 Å². The molecule has 0 amide bonds. The zero-order valence-electron chi connectivity index (χ0n) is 9.11. The van der Waals surface area contributed by atoms with Crippen molar-refractivity contribution < 1.29 is 5.11 Å². The number of aliphatic hydroxyl groups excluding tert-OH is 1. The molecule has 1 rings (SSSR count). The highest BCUT2D eigenvalue weighted by Gasteiger charge is 2.07. The molecule has 14 heavy (non-hydrogen) atoms. The Kier molecular flexibility index (Phi) is 4.66. The first-order valence-corrected chi connectivity index (χ1v) is 5.46. The minimum absolute atomic E-state index is 0.232. The van der Waals surface area contributed by atoms with Crippen LogP contribution >= 0.6 is 0 Å². The van der Waals surface area contributed by atoms with Crippen molar-refractivity contribution in [1.29, 1.82) is 0 Å². The molecular formula is C11H20N2O. The molecule has 0 bridgehead atoms. The van der Waals surface area contributed by atoms with E-state index in [1.54, 1.807) is 0 Å². The highest BCUT2D eigenvalue weighted by molar-refractivity contribution is 4.92. The fourth-order valence-electron chi connectivity index (χ4n) is 1.61. The van der Waals surface area contributed by atoms with Crippen LogP contribution in [0.3, 0.4) is 0 Å². The summed E-state index contributed by atoms with van der Waals surface area (Å²) in [6.07, 6.45) is 7.51. The van der Waals surface area contributed by atoms with Gasteiger partial charge in [-0.15, -0.1) is 0 Å². The first-order chi connectivity index (χ1) is 6.77. The summed E-state index contributed by atoms with van der Waals surface area (Å²) in [7, 11) is 0. The Hall–Kier alpha value is -0.830. The van der Waals surface area contributed by atoms with Crippen molar-refractivity contribution in [3.05, 3.63) is 18.2 Å². The average Bonchev–Trinajstić information content (AvgIpc) is 2.54. The highest BCUT2D eigenvalue weighted by atomic mass is 16.3. The highest BCUT2D eigenvalue weighted by Crippen LogP contribution is 2.05. The van der Waals surface area contributed by atoms with Crippen LogP contribution in [0, 0.1) is 0 Å². The van der Waals surface area contributed by atoms with Crippen molar-refractivity contribution in [2.45, 2.75) is 52.2 Å². The molecule has 3 heteroatoms. The number of imidazole rings is 1. The molecule has 1 heterocycles. The number of hydrogen-bond acceptors (Lipinski definition) is 2. The van der Waals surface area contributed by atoms with E-state index in [0.29, 0.717) is 6.54 Å². The predicted molar refractivity (Wildman–Crippen MR) is 57.1 cm³/mol. The minimum Gasteiger partial charge on any atom is -0.391 e. The quantitative estimate of drug-likeness (QED) is 0.755. The summed E-state index contributed by atoms with van der Waals surface area (Å²) in [4.78, 5) is 4.27. The third kappa shape index (κ3) is 3.14. The maximum absolute atomic E-state index is 9.67. The second kappa shape index (κ2) is 5.81. The molecule has 0 saturated heterocycles. The SMILES string of the molecule is CCCc1nccn1CC(O)CCC. The van der Waals surface area contributed by atoms with Gasteiger partial charge in [-0.1, -0.05) is 20.3 Å². The molecule has 0 fully saturated rings. The summed E-state index contributed by atoms with van der Waals surface area (Å²) in [5.74, 6) is 1.09. The van der Waals surface area contributed by atoms with Crippen LogP contribution in [0.4, 0.5) is 0 Å². The van der Waals surface area contributed by atoms with Crippen LogP contribution in [0.15, 0.2) is 12.4 Å². The minimum atomic E-state index is -0.232. The van der Waals surface area contributed by atoms with E-state index in [-0.39, 0.29) is 6.10 Å². The molecule has 1 aromatic rings. The zero-order chi connectivity index (χ0) is 10.4. The van der Waals surface area contributed by atoms with Crippen LogP contribution in [0.5, 0.6) is 0 Å². The molecule has 0 saturated carbocycles. The monoisotopic (exact) mass is 196 g/mol. The number of nitrogens with zero attached hydrogens (tertiary/aromatic N) is 2. The van der Waals surface area contributed by atoms with Crippen LogP contribution in [0.1, 0.15) is 38.9 Å². The van der Waals surface area contributed by atoms with Crippen LogP contribution < -0.4 is 0 Å². The summed E-state index contributed by atoms with van der Waals surface area (Å²) in [5, 5.41) is 9.67. The molecule has 0 aliphatic rings. The molecule has 0 aromatic carbocycles. The van der Waals surface area contributed by atoms with Crippen LogP contribution in [0.25, 0.3) is 0 Å². The maximum Gasteiger partial charge on any atom is 0.108 e. The number of aryl methyl sites for hydroxylation is 1. The van der Waals surface area contributed by atoms with Gasteiger partial charge in [-0.2, -0.15) is 0 Å². The van der Waals surface area contributed by atoms with Crippen molar-refractivity contribution in [3.8, 4) is 0 Å². The van der Waals surface area contributed by atoms with E-state index in [0.717, 1.165) is 31.5 Å². The van der Waals surface area contributed by atoms with Crippen LogP contribution in [0.2, 0.25) is 0 Å². The predicted octanol–water partition coefficient (Wildman–Crippen LogP) is 2.00. The van der Waals surface area contributed by atoms with E-state index in [9.17, 15) is 5.11 Å². The van der Waals surface area contributed by atoms with Gasteiger partial charge in [-0.25, -0.2) is 4.98 Å². The molecule has 0 aliphatic carbocycles. The normalized spacial score (nSPS) is 13.1. The lowest BCUT2D eigenvalue weighted by Gasteiger charge is -2.12. The van der Waals surface area contributed by atoms with Crippen molar-refractivity contribution in [3.63, 3.8) is 0 Å². The van der Waals surface area contributed by atoms with E-state index >= 15 is 0 Å².